The third kappa shape index (κ3) is 2.66. The minimum Gasteiger partial charge on any atom is -0.481 e. The number of nitrogens with zero attached hydrogens (tertiary/aromatic N) is 2. The van der Waals surface area contributed by atoms with Crippen LogP contribution in [0.2, 0.25) is 0 Å². The van der Waals surface area contributed by atoms with Gasteiger partial charge in [-0.1, -0.05) is 12.1 Å². The first-order chi connectivity index (χ1) is 8.58. The molecule has 1 amide bonds. The molecule has 1 aromatic rings. The van der Waals surface area contributed by atoms with E-state index >= 15 is 0 Å². The van der Waals surface area contributed by atoms with Crippen LogP contribution in [-0.2, 0) is 16.1 Å². The lowest BCUT2D eigenvalue weighted by Crippen LogP contribution is -2.35. The summed E-state index contributed by atoms with van der Waals surface area (Å²) in [5, 5.41) is 15.3. The molecule has 3 unspecified atom stereocenters. The standard InChI is InChI=1S/C11H15N3O4/c1-6-2-7(8(3-6)11(16)17)10(15)12-4-9-13-5-18-14-9/h5-8H,2-4H2,1H3,(H,12,15)(H,16,17). The van der Waals surface area contributed by atoms with Gasteiger partial charge in [0, 0.05) is 0 Å². The van der Waals surface area contributed by atoms with Gasteiger partial charge < -0.3 is 14.9 Å². The van der Waals surface area contributed by atoms with Gasteiger partial charge in [-0.2, -0.15) is 4.98 Å². The molecule has 3 atom stereocenters. The monoisotopic (exact) mass is 253 g/mol. The summed E-state index contributed by atoms with van der Waals surface area (Å²) in [6.45, 7) is 2.12. The van der Waals surface area contributed by atoms with E-state index in [1.807, 2.05) is 6.92 Å². The van der Waals surface area contributed by atoms with Crippen molar-refractivity contribution in [2.45, 2.75) is 26.3 Å². The summed E-state index contributed by atoms with van der Waals surface area (Å²) < 4.78 is 4.54. The minimum absolute atomic E-state index is 0.159. The highest BCUT2D eigenvalue weighted by molar-refractivity contribution is 5.85. The largest absolute Gasteiger partial charge is 0.481 e. The molecule has 7 nitrogen and oxygen atoms in total. The number of hydrogen-bond donors (Lipinski definition) is 2. The minimum atomic E-state index is -0.904. The van der Waals surface area contributed by atoms with Gasteiger partial charge in [0.25, 0.3) is 0 Å². The zero-order valence-electron chi connectivity index (χ0n) is 10.00. The van der Waals surface area contributed by atoms with Crippen molar-refractivity contribution in [2.75, 3.05) is 0 Å². The van der Waals surface area contributed by atoms with Crippen LogP contribution >= 0.6 is 0 Å². The van der Waals surface area contributed by atoms with Crippen molar-refractivity contribution in [1.29, 1.82) is 0 Å². The van der Waals surface area contributed by atoms with Gasteiger partial charge in [-0.3, -0.25) is 9.59 Å². The summed E-state index contributed by atoms with van der Waals surface area (Å²) in [5.41, 5.74) is 0. The maximum atomic E-state index is 11.9. The van der Waals surface area contributed by atoms with Crippen molar-refractivity contribution in [1.82, 2.24) is 15.5 Å². The Balaban J connectivity index is 1.93. The number of carbonyl (C=O) groups is 2. The Morgan fingerprint density at radius 1 is 1.50 bits per heavy atom. The van der Waals surface area contributed by atoms with Crippen molar-refractivity contribution in [3.8, 4) is 0 Å². The molecule has 0 bridgehead atoms. The summed E-state index contributed by atoms with van der Waals surface area (Å²) in [6.07, 6.45) is 2.34. The van der Waals surface area contributed by atoms with Gasteiger partial charge in [0.05, 0.1) is 18.4 Å². The molecule has 98 valence electrons. The van der Waals surface area contributed by atoms with Crippen LogP contribution in [0.1, 0.15) is 25.6 Å². The van der Waals surface area contributed by atoms with Crippen molar-refractivity contribution in [2.24, 2.45) is 17.8 Å². The number of aromatic nitrogens is 2. The summed E-state index contributed by atoms with van der Waals surface area (Å²) >= 11 is 0. The fourth-order valence-electron chi connectivity index (χ4n) is 2.42. The van der Waals surface area contributed by atoms with Gasteiger partial charge >= 0.3 is 5.97 Å². The predicted octanol–water partition coefficient (Wildman–Crippen LogP) is 0.433. The van der Waals surface area contributed by atoms with Crippen molar-refractivity contribution < 1.29 is 19.2 Å². The summed E-state index contributed by atoms with van der Waals surface area (Å²) in [4.78, 5) is 26.8. The Kier molecular flexibility index (Phi) is 3.59. The van der Waals surface area contributed by atoms with Crippen LogP contribution in [0.3, 0.4) is 0 Å². The molecular formula is C11H15N3O4. The molecule has 1 aromatic heterocycles. The Labute approximate surface area is 104 Å². The Bertz CT molecular complexity index is 432. The van der Waals surface area contributed by atoms with E-state index in [9.17, 15) is 9.59 Å². The molecule has 1 aliphatic carbocycles. The smallest absolute Gasteiger partial charge is 0.307 e. The third-order valence-electron chi connectivity index (χ3n) is 3.28. The number of carboxylic acid groups (broad SMARTS) is 1. The lowest BCUT2D eigenvalue weighted by molar-refractivity contribution is -0.146. The summed E-state index contributed by atoms with van der Waals surface area (Å²) in [5.74, 6) is -1.58. The molecule has 0 saturated heterocycles. The topological polar surface area (TPSA) is 105 Å². The fraction of sp³-hybridized carbons (Fsp3) is 0.636. The Hall–Kier alpha value is -1.92. The maximum absolute atomic E-state index is 11.9. The molecule has 1 aliphatic rings. The number of carboxylic acids is 1. The first kappa shape index (κ1) is 12.5. The lowest BCUT2D eigenvalue weighted by Gasteiger charge is -2.14. The zero-order chi connectivity index (χ0) is 13.1. The third-order valence-corrected chi connectivity index (χ3v) is 3.28. The van der Waals surface area contributed by atoms with Crippen molar-refractivity contribution in [3.05, 3.63) is 12.2 Å². The highest BCUT2D eigenvalue weighted by Gasteiger charge is 2.41. The van der Waals surface area contributed by atoms with E-state index in [4.69, 9.17) is 5.11 Å². The van der Waals surface area contributed by atoms with E-state index in [0.717, 1.165) is 0 Å². The molecular weight excluding hydrogens is 238 g/mol. The average molecular weight is 253 g/mol. The molecule has 7 heteroatoms. The highest BCUT2D eigenvalue weighted by atomic mass is 16.5. The molecule has 0 aliphatic heterocycles. The number of rotatable bonds is 4. The molecule has 0 spiro atoms. The van der Waals surface area contributed by atoms with Crippen LogP contribution in [-0.4, -0.2) is 27.1 Å². The van der Waals surface area contributed by atoms with Crippen molar-refractivity contribution >= 4 is 11.9 Å². The Morgan fingerprint density at radius 3 is 2.83 bits per heavy atom. The molecule has 18 heavy (non-hydrogen) atoms. The van der Waals surface area contributed by atoms with E-state index in [2.05, 4.69) is 20.0 Å². The second kappa shape index (κ2) is 5.16. The highest BCUT2D eigenvalue weighted by Crippen LogP contribution is 2.36. The van der Waals surface area contributed by atoms with Gasteiger partial charge in [0.2, 0.25) is 12.3 Å². The van der Waals surface area contributed by atoms with E-state index < -0.39 is 17.8 Å². The van der Waals surface area contributed by atoms with E-state index in [0.29, 0.717) is 18.7 Å². The molecule has 1 fully saturated rings. The normalized spacial score (nSPS) is 27.1. The second-order valence-electron chi connectivity index (χ2n) is 4.69. The van der Waals surface area contributed by atoms with Crippen LogP contribution in [0.5, 0.6) is 0 Å². The van der Waals surface area contributed by atoms with Crippen LogP contribution in [0.4, 0.5) is 0 Å². The number of carbonyl (C=O) groups excluding carboxylic acids is 1. The second-order valence-corrected chi connectivity index (χ2v) is 4.69. The number of hydrogen-bond acceptors (Lipinski definition) is 5. The van der Waals surface area contributed by atoms with Crippen LogP contribution in [0.15, 0.2) is 10.9 Å². The van der Waals surface area contributed by atoms with Crippen LogP contribution in [0, 0.1) is 17.8 Å². The van der Waals surface area contributed by atoms with Gasteiger partial charge in [-0.15, -0.1) is 0 Å². The van der Waals surface area contributed by atoms with Crippen LogP contribution < -0.4 is 5.32 Å². The number of amides is 1. The summed E-state index contributed by atoms with van der Waals surface area (Å²) in [7, 11) is 0. The summed E-state index contributed by atoms with van der Waals surface area (Å²) in [6, 6.07) is 0. The van der Waals surface area contributed by atoms with Gasteiger partial charge in [0.1, 0.15) is 0 Å². The van der Waals surface area contributed by atoms with Crippen molar-refractivity contribution in [3.63, 3.8) is 0 Å². The molecule has 1 saturated carbocycles. The predicted molar refractivity (Wildman–Crippen MR) is 59.2 cm³/mol. The lowest BCUT2D eigenvalue weighted by atomic mass is 9.95. The molecule has 0 aromatic carbocycles. The van der Waals surface area contributed by atoms with E-state index in [1.165, 1.54) is 6.39 Å². The quantitative estimate of drug-likeness (QED) is 0.806. The van der Waals surface area contributed by atoms with Gasteiger partial charge in [-0.05, 0) is 18.8 Å². The van der Waals surface area contributed by atoms with Crippen LogP contribution in [0.25, 0.3) is 0 Å². The number of nitrogens with one attached hydrogen (secondary N) is 1. The SMILES string of the molecule is CC1CC(C(=O)O)C(C(=O)NCc2ncon2)C1. The van der Waals surface area contributed by atoms with Gasteiger partial charge in [-0.25, -0.2) is 0 Å². The first-order valence-corrected chi connectivity index (χ1v) is 5.83. The fourth-order valence-corrected chi connectivity index (χ4v) is 2.42. The zero-order valence-corrected chi connectivity index (χ0v) is 10.00. The van der Waals surface area contributed by atoms with Gasteiger partial charge in [0.15, 0.2) is 5.82 Å². The molecule has 2 rings (SSSR count). The molecule has 1 heterocycles. The van der Waals surface area contributed by atoms with E-state index in [-0.39, 0.29) is 18.4 Å². The Morgan fingerprint density at radius 2 is 2.22 bits per heavy atom. The molecule has 2 N–H and O–H groups in total. The number of aliphatic carboxylic acids is 1. The first-order valence-electron chi connectivity index (χ1n) is 5.83. The molecule has 0 radical (unpaired) electrons. The van der Waals surface area contributed by atoms with E-state index in [1.54, 1.807) is 0 Å². The maximum Gasteiger partial charge on any atom is 0.307 e. The average Bonchev–Trinajstić information content (AvgIpc) is 2.94.